The number of oxazole rings is 1. The molecule has 0 spiro atoms. The third kappa shape index (κ3) is 5.77. The second-order valence-corrected chi connectivity index (χ2v) is 8.20. The number of benzene rings is 2. The van der Waals surface area contributed by atoms with Gasteiger partial charge in [-0.3, -0.25) is 9.00 Å². The molecule has 0 saturated heterocycles. The van der Waals surface area contributed by atoms with Crippen molar-refractivity contribution >= 4 is 16.7 Å². The Hall–Kier alpha value is -2.93. The van der Waals surface area contributed by atoms with Crippen LogP contribution in [-0.4, -0.2) is 28.0 Å². The molecule has 0 fully saturated rings. The molecule has 7 heteroatoms. The topological polar surface area (TPSA) is 81.4 Å². The zero-order chi connectivity index (χ0) is 20.8. The van der Waals surface area contributed by atoms with Gasteiger partial charge in [0.25, 0.3) is 0 Å². The van der Waals surface area contributed by atoms with Crippen molar-refractivity contribution in [1.29, 1.82) is 0 Å². The smallest absolute Gasteiger partial charge is 0.232 e. The van der Waals surface area contributed by atoms with E-state index in [0.29, 0.717) is 23.9 Å². The molecule has 152 valence electrons. The fourth-order valence-corrected chi connectivity index (χ4v) is 3.80. The van der Waals surface area contributed by atoms with Crippen LogP contribution in [0.25, 0.3) is 11.5 Å². The molecule has 6 nitrogen and oxygen atoms in total. The van der Waals surface area contributed by atoms with Gasteiger partial charge in [-0.1, -0.05) is 29.8 Å². The van der Waals surface area contributed by atoms with E-state index < -0.39 is 10.8 Å². The van der Waals surface area contributed by atoms with Gasteiger partial charge < -0.3 is 14.5 Å². The summed E-state index contributed by atoms with van der Waals surface area (Å²) >= 11 is 0. The van der Waals surface area contributed by atoms with E-state index >= 15 is 0 Å². The molecular formula is C22H24N2O4S. The van der Waals surface area contributed by atoms with Crippen LogP contribution in [0.15, 0.2) is 52.9 Å². The Labute approximate surface area is 172 Å². The van der Waals surface area contributed by atoms with Crippen LogP contribution in [0, 0.1) is 13.8 Å². The normalized spacial score (nSPS) is 11.8. The molecule has 3 rings (SSSR count). The zero-order valence-electron chi connectivity index (χ0n) is 16.7. The summed E-state index contributed by atoms with van der Waals surface area (Å²) in [5.74, 6) is 1.65. The van der Waals surface area contributed by atoms with Crippen LogP contribution in [0.1, 0.15) is 22.6 Å². The molecule has 2 aromatic carbocycles. The van der Waals surface area contributed by atoms with Gasteiger partial charge in [-0.15, -0.1) is 0 Å². The number of carbonyl (C=O) groups excluding carboxylic acids is 1. The fraction of sp³-hybridized carbons (Fsp3) is 0.273. The number of hydrogen-bond acceptors (Lipinski definition) is 5. The van der Waals surface area contributed by atoms with Gasteiger partial charge >= 0.3 is 0 Å². The highest BCUT2D eigenvalue weighted by Crippen LogP contribution is 2.24. The van der Waals surface area contributed by atoms with Crippen molar-refractivity contribution in [2.24, 2.45) is 0 Å². The highest BCUT2D eigenvalue weighted by atomic mass is 32.2. The number of hydrogen-bond donors (Lipinski definition) is 1. The van der Waals surface area contributed by atoms with Crippen LogP contribution in [0.4, 0.5) is 0 Å². The number of rotatable bonds is 8. The Bertz CT molecular complexity index is 995. The Morgan fingerprint density at radius 1 is 1.10 bits per heavy atom. The Morgan fingerprint density at radius 2 is 1.79 bits per heavy atom. The number of carbonyl (C=O) groups is 1. The highest BCUT2D eigenvalue weighted by Gasteiger charge is 2.16. The van der Waals surface area contributed by atoms with Crippen molar-refractivity contribution in [3.8, 4) is 17.2 Å². The maximum Gasteiger partial charge on any atom is 0.232 e. The van der Waals surface area contributed by atoms with Gasteiger partial charge in [0.05, 0.1) is 18.6 Å². The lowest BCUT2D eigenvalue weighted by Crippen LogP contribution is -2.28. The molecule has 0 bridgehead atoms. The monoisotopic (exact) mass is 412 g/mol. The van der Waals surface area contributed by atoms with Crippen LogP contribution in [0.2, 0.25) is 0 Å². The van der Waals surface area contributed by atoms with E-state index in [1.54, 1.807) is 14.0 Å². The van der Waals surface area contributed by atoms with E-state index in [2.05, 4.69) is 10.3 Å². The third-order valence-corrected chi connectivity index (χ3v) is 5.61. The molecule has 1 aromatic heterocycles. The first-order valence-corrected chi connectivity index (χ1v) is 10.7. The second-order valence-electron chi connectivity index (χ2n) is 6.74. The quantitative estimate of drug-likeness (QED) is 0.612. The number of aromatic nitrogens is 1. The summed E-state index contributed by atoms with van der Waals surface area (Å²) in [6, 6.07) is 15.3. The molecule has 29 heavy (non-hydrogen) atoms. The van der Waals surface area contributed by atoms with Crippen molar-refractivity contribution in [2.75, 3.05) is 12.9 Å². The van der Waals surface area contributed by atoms with Crippen LogP contribution in [0.3, 0.4) is 0 Å². The summed E-state index contributed by atoms with van der Waals surface area (Å²) in [6.45, 7) is 4.21. The van der Waals surface area contributed by atoms with Crippen molar-refractivity contribution in [3.63, 3.8) is 0 Å². The first-order chi connectivity index (χ1) is 13.9. The molecule has 1 N–H and O–H groups in total. The summed E-state index contributed by atoms with van der Waals surface area (Å²) in [4.78, 5) is 16.5. The molecular weight excluding hydrogens is 388 g/mol. The molecule has 1 atom stereocenters. The van der Waals surface area contributed by atoms with Gasteiger partial charge in [-0.25, -0.2) is 4.98 Å². The molecule has 0 aliphatic heterocycles. The Kier molecular flexibility index (Phi) is 6.82. The number of ether oxygens (including phenoxy) is 1. The minimum absolute atomic E-state index is 0.0734. The first-order valence-electron chi connectivity index (χ1n) is 9.22. The van der Waals surface area contributed by atoms with Gasteiger partial charge in [0, 0.05) is 22.9 Å². The van der Waals surface area contributed by atoms with E-state index in [1.807, 2.05) is 55.5 Å². The van der Waals surface area contributed by atoms with E-state index in [9.17, 15) is 9.00 Å². The predicted octanol–water partition coefficient (Wildman–Crippen LogP) is 3.53. The highest BCUT2D eigenvalue weighted by molar-refractivity contribution is 7.84. The van der Waals surface area contributed by atoms with Crippen LogP contribution >= 0.6 is 0 Å². The van der Waals surface area contributed by atoms with Gasteiger partial charge in [0.2, 0.25) is 11.8 Å². The molecule has 1 amide bonds. The summed E-state index contributed by atoms with van der Waals surface area (Å²) < 4.78 is 23.3. The summed E-state index contributed by atoms with van der Waals surface area (Å²) in [5, 5.41) is 2.80. The van der Waals surface area contributed by atoms with Crippen molar-refractivity contribution < 1.29 is 18.2 Å². The van der Waals surface area contributed by atoms with E-state index in [1.165, 1.54) is 0 Å². The van der Waals surface area contributed by atoms with Crippen LogP contribution < -0.4 is 10.1 Å². The van der Waals surface area contributed by atoms with Gasteiger partial charge in [0.1, 0.15) is 17.3 Å². The van der Waals surface area contributed by atoms with Gasteiger partial charge in [-0.05, 0) is 43.7 Å². The lowest BCUT2D eigenvalue weighted by Gasteiger charge is -2.05. The van der Waals surface area contributed by atoms with E-state index in [0.717, 1.165) is 22.4 Å². The maximum absolute atomic E-state index is 12.4. The molecule has 0 aliphatic carbocycles. The van der Waals surface area contributed by atoms with E-state index in [4.69, 9.17) is 9.15 Å². The average molecular weight is 413 g/mol. The average Bonchev–Trinajstić information content (AvgIpc) is 3.07. The lowest BCUT2D eigenvalue weighted by molar-refractivity contribution is -0.118. The second kappa shape index (κ2) is 9.52. The van der Waals surface area contributed by atoms with Crippen molar-refractivity contribution in [2.45, 2.75) is 26.1 Å². The molecule has 0 aliphatic rings. The van der Waals surface area contributed by atoms with Crippen molar-refractivity contribution in [3.05, 3.63) is 71.1 Å². The number of methoxy groups -OCH3 is 1. The van der Waals surface area contributed by atoms with Crippen LogP contribution in [0.5, 0.6) is 5.75 Å². The number of nitrogens with zero attached hydrogens (tertiary/aromatic N) is 1. The molecule has 1 heterocycles. The largest absolute Gasteiger partial charge is 0.497 e. The van der Waals surface area contributed by atoms with Crippen LogP contribution in [-0.2, 0) is 27.9 Å². The summed E-state index contributed by atoms with van der Waals surface area (Å²) in [7, 11) is 0.230. The van der Waals surface area contributed by atoms with Crippen molar-refractivity contribution in [1.82, 2.24) is 10.3 Å². The minimum atomic E-state index is -1.38. The van der Waals surface area contributed by atoms with Gasteiger partial charge in [-0.2, -0.15) is 0 Å². The predicted molar refractivity (Wildman–Crippen MR) is 113 cm³/mol. The molecule has 0 radical (unpaired) electrons. The van der Waals surface area contributed by atoms with E-state index in [-0.39, 0.29) is 17.4 Å². The molecule has 0 saturated carbocycles. The molecule has 1 unspecified atom stereocenters. The standard InChI is InChI=1S/C22H24N2O4S/c1-15-4-6-17(7-5-15)12-23-21(25)14-29(26)13-20-16(2)28-22(24-20)18-8-10-19(27-3)11-9-18/h4-11H,12-14H2,1-3H3,(H,23,25). The first kappa shape index (κ1) is 20.8. The SMILES string of the molecule is COc1ccc(-c2nc(CS(=O)CC(=O)NCc3ccc(C)cc3)c(C)o2)cc1. The third-order valence-electron chi connectivity index (χ3n) is 4.43. The number of aryl methyl sites for hydroxylation is 2. The van der Waals surface area contributed by atoms with Gasteiger partial charge in [0.15, 0.2) is 0 Å². The molecule has 3 aromatic rings. The summed E-state index contributed by atoms with van der Waals surface area (Å²) in [6.07, 6.45) is 0. The maximum atomic E-state index is 12.4. The Balaban J connectivity index is 1.55. The minimum Gasteiger partial charge on any atom is -0.497 e. The fourth-order valence-electron chi connectivity index (χ4n) is 2.73. The summed E-state index contributed by atoms with van der Waals surface area (Å²) in [5.41, 5.74) is 3.58. The number of amides is 1. The number of nitrogens with one attached hydrogen (secondary N) is 1. The zero-order valence-corrected chi connectivity index (χ0v) is 17.5. The lowest BCUT2D eigenvalue weighted by atomic mass is 10.1. The Morgan fingerprint density at radius 3 is 2.45 bits per heavy atom.